The molecule has 0 aliphatic heterocycles. The number of carbonyl (C=O) groups is 4. The Hall–Kier alpha value is -8.32. The third-order valence-electron chi connectivity index (χ3n) is 17.9. The van der Waals surface area contributed by atoms with Gasteiger partial charge in [0.1, 0.15) is 17.7 Å². The van der Waals surface area contributed by atoms with Crippen LogP contribution in [0.15, 0.2) is 73.6 Å². The Kier molecular flexibility index (Phi) is 25.3. The van der Waals surface area contributed by atoms with E-state index in [9.17, 15) is 84.2 Å². The number of nitrogen functional groups attached to an aromatic ring is 1. The number of carboxylic acid groups (broad SMARTS) is 1. The maximum atomic E-state index is 12.7. The van der Waals surface area contributed by atoms with Crippen LogP contribution in [0.1, 0.15) is 217 Å². The van der Waals surface area contributed by atoms with Crippen LogP contribution in [0.25, 0.3) is 30.6 Å². The van der Waals surface area contributed by atoms with E-state index < -0.39 is 75.9 Å². The van der Waals surface area contributed by atoms with E-state index >= 15 is 0 Å². The van der Waals surface area contributed by atoms with E-state index in [1.807, 2.05) is 12.1 Å². The summed E-state index contributed by atoms with van der Waals surface area (Å²) in [7, 11) is 3.75. The van der Waals surface area contributed by atoms with E-state index in [1.54, 1.807) is 77.1 Å². The number of nitrogens with two attached hydrogens (primary N) is 1. The van der Waals surface area contributed by atoms with Gasteiger partial charge in [0.15, 0.2) is 22.8 Å². The number of alkyl halides is 9. The average molecular weight is 1510 g/mol. The molecule has 3 fully saturated rings. The lowest BCUT2D eigenvalue weighted by Gasteiger charge is -2.25. The molecule has 556 valence electrons. The Bertz CT molecular complexity index is 4470. The molecule has 3 aliphatic carbocycles. The first-order valence-corrected chi connectivity index (χ1v) is 35.1. The molecular formula is C69H76BF9N12O10S3. The first-order valence-electron chi connectivity index (χ1n) is 33.3. The lowest BCUT2D eigenvalue weighted by Crippen LogP contribution is -2.22. The molecule has 0 bridgehead atoms. The molecule has 6 aromatic heterocycles. The third kappa shape index (κ3) is 20.6. The molecule has 10 N–H and O–H groups in total. The number of anilines is 3. The van der Waals surface area contributed by atoms with Crippen LogP contribution in [0.3, 0.4) is 0 Å². The van der Waals surface area contributed by atoms with Crippen molar-refractivity contribution in [2.75, 3.05) is 29.6 Å². The van der Waals surface area contributed by atoms with Gasteiger partial charge in [0, 0.05) is 79.0 Å². The first kappa shape index (κ1) is 79.8. The maximum absolute atomic E-state index is 12.7. The number of hydrogen-bond donors (Lipinski definition) is 9. The number of aliphatic hydroxyl groups is 5. The number of fused-ring (bicyclic) bond motifs is 3. The van der Waals surface area contributed by atoms with Crippen molar-refractivity contribution in [2.24, 2.45) is 17.8 Å². The number of hydrogen-bond acceptors (Lipinski definition) is 22. The Morgan fingerprint density at radius 3 is 1.08 bits per heavy atom. The zero-order valence-corrected chi connectivity index (χ0v) is 59.4. The molecular weight excluding hydrogens is 1430 g/mol. The number of aromatic carboxylic acids is 1. The van der Waals surface area contributed by atoms with E-state index in [1.165, 1.54) is 27.7 Å². The number of carbonyl (C=O) groups excluding carboxylic acids is 3. The Balaban J connectivity index is 0.000000184. The molecule has 6 heterocycles. The SMILES string of the molecule is CC(C)(O)c1cc2nc(C3CCC(C=O)CC3)sc2cc1NC(=O)c1cnc(C(F)(F)F)cn1.CC(C)(O)c1cc2nc(C3CCC(CO)CC3)sc2cc1N.CC(C)(O)c1cc2nc(C3CCC(CO)CC3)sc2cc1NC(=O)c1cnc(C(F)(F)F)cn1.O=C(O)c1cnc(C(F)(F)F)cn1.[2H][B]. The zero-order chi connectivity index (χ0) is 77.3. The van der Waals surface area contributed by atoms with E-state index in [0.29, 0.717) is 94.3 Å². The molecule has 3 aliphatic rings. The van der Waals surface area contributed by atoms with Crippen LogP contribution in [0.5, 0.6) is 0 Å². The molecule has 22 nitrogen and oxygen atoms in total. The lowest BCUT2D eigenvalue weighted by atomic mass is 9.83. The molecule has 3 aromatic carbocycles. The van der Waals surface area contributed by atoms with Gasteiger partial charge >= 0.3 is 24.5 Å². The summed E-state index contributed by atoms with van der Waals surface area (Å²) in [6, 6.07) is 10.7. The van der Waals surface area contributed by atoms with Crippen LogP contribution in [0, 0.1) is 17.8 Å². The third-order valence-corrected chi connectivity index (χ3v) is 21.4. The lowest BCUT2D eigenvalue weighted by molar-refractivity contribution is -0.142. The summed E-state index contributed by atoms with van der Waals surface area (Å²) in [5.74, 6) is -0.964. The largest absolute Gasteiger partial charge is 0.476 e. The van der Waals surface area contributed by atoms with Gasteiger partial charge in [0.2, 0.25) is 0 Å². The molecule has 104 heavy (non-hydrogen) atoms. The molecule has 35 heteroatoms. The number of benzene rings is 3. The number of thiazole rings is 3. The van der Waals surface area contributed by atoms with E-state index in [4.69, 9.17) is 27.1 Å². The summed E-state index contributed by atoms with van der Waals surface area (Å²) in [4.78, 5) is 80.6. The second kappa shape index (κ2) is 33.0. The van der Waals surface area contributed by atoms with Crippen LogP contribution in [-0.2, 0) is 40.1 Å². The Labute approximate surface area is 605 Å². The molecule has 0 atom stereocenters. The highest BCUT2D eigenvalue weighted by atomic mass is 32.1. The van der Waals surface area contributed by atoms with Crippen molar-refractivity contribution >= 4 is 114 Å². The first-order chi connectivity index (χ1) is 49.2. The number of carboxylic acids is 1. The fraction of sp³-hybridized carbons (Fsp3) is 0.464. The number of nitrogens with zero attached hydrogens (tertiary/aromatic N) is 9. The van der Waals surface area contributed by atoms with Gasteiger partial charge in [-0.1, -0.05) is 0 Å². The van der Waals surface area contributed by atoms with E-state index in [0.717, 1.165) is 131 Å². The number of aromatic nitrogens is 9. The van der Waals surface area contributed by atoms with Gasteiger partial charge in [0.25, 0.3) is 11.8 Å². The minimum Gasteiger partial charge on any atom is -0.476 e. The molecule has 9 aromatic rings. The topological polar surface area (TPSA) is 356 Å². The van der Waals surface area contributed by atoms with Gasteiger partial charge in [0.05, 0.1) is 99.7 Å². The summed E-state index contributed by atoms with van der Waals surface area (Å²) >= 11 is 4.71. The van der Waals surface area contributed by atoms with Crippen molar-refractivity contribution in [1.29, 1.82) is 1.34 Å². The number of halogens is 9. The second-order valence-electron chi connectivity index (χ2n) is 27.1. The number of aldehydes is 1. The highest BCUT2D eigenvalue weighted by Crippen LogP contribution is 2.45. The summed E-state index contributed by atoms with van der Waals surface area (Å²) in [5.41, 5.74) is 2.96. The van der Waals surface area contributed by atoms with Gasteiger partial charge in [-0.25, -0.2) is 49.7 Å². The maximum Gasteiger partial charge on any atom is 0.434 e. The van der Waals surface area contributed by atoms with Crippen LogP contribution < -0.4 is 16.4 Å². The predicted molar refractivity (Wildman–Crippen MR) is 374 cm³/mol. The standard InChI is InChI=1S/C23H25F3N4O3S.C23H23F3N4O3S.C17H24N2O2S.C6H3F3N2O2.BH/c2*1-22(2,33)14-7-16-18(34-21(30-16)13-5-3-12(11-31)4-6-13)8-15(14)29-20(32)17-9-28-19(10-27-17)23(24,25)26;1-17(2,21)12-7-14-15(8-13(12)18)22-16(19-14)11-5-3-10(9-20)4-6-11;7-6(8,9)4-2-10-3(1-11-4)5(12)13;/h7-10,12-13,31,33H,3-6,11H2,1-2H3,(H,29,32);7-13,33H,3-6H2,1-2H3,(H,29,32);7-8,10-11,20-21H,3-6,9,18H2,1-2H3;1-2H,(H,12,13);1H/i;;;;1D. The van der Waals surface area contributed by atoms with Crippen molar-refractivity contribution in [3.63, 3.8) is 0 Å². The molecule has 12 rings (SSSR count). The summed E-state index contributed by atoms with van der Waals surface area (Å²) < 4.78 is 120. The minimum atomic E-state index is -4.66. The molecule has 2 amide bonds. The van der Waals surface area contributed by atoms with Crippen molar-refractivity contribution in [3.05, 3.63) is 139 Å². The number of rotatable bonds is 14. The highest BCUT2D eigenvalue weighted by Gasteiger charge is 2.37. The fourth-order valence-electron chi connectivity index (χ4n) is 12.1. The molecule has 3 saturated carbocycles. The molecule has 0 saturated heterocycles. The molecule has 0 spiro atoms. The van der Waals surface area contributed by atoms with Crippen LogP contribution in [0.4, 0.5) is 56.6 Å². The van der Waals surface area contributed by atoms with Gasteiger partial charge in [-0.2, -0.15) is 39.5 Å². The number of aliphatic hydroxyl groups excluding tert-OH is 2. The van der Waals surface area contributed by atoms with Gasteiger partial charge in [-0.05, 0) is 168 Å². The van der Waals surface area contributed by atoms with Gasteiger partial charge in [-0.15, -0.1) is 34.0 Å². The number of nitrogens with one attached hydrogen (secondary N) is 2. The van der Waals surface area contributed by atoms with Crippen LogP contribution in [-0.4, -0.2) is 122 Å². The predicted octanol–water partition coefficient (Wildman–Crippen LogP) is 13.8. The molecule has 0 unspecified atom stereocenters. The van der Waals surface area contributed by atoms with E-state index in [-0.39, 0.29) is 29.8 Å². The summed E-state index contributed by atoms with van der Waals surface area (Å²) in [6.45, 7) is 10.3. The highest BCUT2D eigenvalue weighted by molar-refractivity contribution is 7.19. The second-order valence-corrected chi connectivity index (χ2v) is 30.3. The van der Waals surface area contributed by atoms with Crippen LogP contribution >= 0.6 is 34.0 Å². The average Bonchev–Trinajstić information content (AvgIpc) is 1.64. The quantitative estimate of drug-likeness (QED) is 0.0211. The normalized spacial score (nSPS) is 19.0. The van der Waals surface area contributed by atoms with Gasteiger partial charge < -0.3 is 51.8 Å². The fourth-order valence-corrected chi connectivity index (χ4v) is 15.6. The van der Waals surface area contributed by atoms with E-state index in [2.05, 4.69) is 48.9 Å². The van der Waals surface area contributed by atoms with Crippen molar-refractivity contribution in [2.45, 2.75) is 172 Å². The summed E-state index contributed by atoms with van der Waals surface area (Å²) in [5, 5.41) is 66.9. The van der Waals surface area contributed by atoms with Crippen LogP contribution in [0.2, 0.25) is 0 Å². The minimum absolute atomic E-state index is 0.0996. The Morgan fingerprint density at radius 1 is 0.490 bits per heavy atom. The Morgan fingerprint density at radius 2 is 0.798 bits per heavy atom. The van der Waals surface area contributed by atoms with Crippen molar-refractivity contribution in [3.8, 4) is 0 Å². The molecule has 2 radical (unpaired) electrons. The monoisotopic (exact) mass is 1510 g/mol. The smallest absolute Gasteiger partial charge is 0.434 e. The number of amides is 2. The van der Waals surface area contributed by atoms with Gasteiger partial charge in [-0.3, -0.25) is 9.59 Å². The van der Waals surface area contributed by atoms with Crippen molar-refractivity contribution in [1.82, 2.24) is 44.9 Å². The van der Waals surface area contributed by atoms with Crippen molar-refractivity contribution < 1.29 is 89.3 Å². The summed E-state index contributed by atoms with van der Waals surface area (Å²) in [6.07, 6.45) is 2.13. The zero-order valence-electron chi connectivity index (χ0n) is 58.0.